The summed E-state index contributed by atoms with van der Waals surface area (Å²) in [6.45, 7) is 1.76. The summed E-state index contributed by atoms with van der Waals surface area (Å²) in [6.07, 6.45) is 0. The fraction of sp³-hybridized carbons (Fsp3) is 0.455. The predicted molar refractivity (Wildman–Crippen MR) is 62.3 cm³/mol. The Balaban J connectivity index is 2.32. The van der Waals surface area contributed by atoms with Crippen molar-refractivity contribution in [1.29, 1.82) is 0 Å². The molecule has 0 aliphatic carbocycles. The Hall–Kier alpha value is -0.450. The zero-order valence-corrected chi connectivity index (χ0v) is 10.2. The monoisotopic (exact) mass is 272 g/mol. The molecule has 2 atom stereocenters. The molecule has 1 fully saturated rings. The van der Waals surface area contributed by atoms with Gasteiger partial charge in [-0.1, -0.05) is 15.9 Å². The SMILES string of the molecule is CN1CC(N)C(c2cc(F)ccc2Br)C1. The van der Waals surface area contributed by atoms with Crippen LogP contribution >= 0.6 is 15.9 Å². The van der Waals surface area contributed by atoms with Gasteiger partial charge in [0.25, 0.3) is 0 Å². The van der Waals surface area contributed by atoms with E-state index >= 15 is 0 Å². The van der Waals surface area contributed by atoms with Crippen LogP contribution in [0.2, 0.25) is 0 Å². The Bertz CT molecular complexity index is 370. The van der Waals surface area contributed by atoms with E-state index < -0.39 is 0 Å². The van der Waals surface area contributed by atoms with Crippen LogP contribution in [-0.2, 0) is 0 Å². The molecule has 0 radical (unpaired) electrons. The lowest BCUT2D eigenvalue weighted by molar-refractivity contribution is 0.407. The van der Waals surface area contributed by atoms with Crippen LogP contribution in [0.5, 0.6) is 0 Å². The smallest absolute Gasteiger partial charge is 0.123 e. The van der Waals surface area contributed by atoms with Gasteiger partial charge in [-0.05, 0) is 30.8 Å². The van der Waals surface area contributed by atoms with Crippen molar-refractivity contribution in [3.05, 3.63) is 34.1 Å². The van der Waals surface area contributed by atoms with E-state index in [4.69, 9.17) is 5.73 Å². The molecule has 4 heteroatoms. The van der Waals surface area contributed by atoms with E-state index in [0.717, 1.165) is 23.1 Å². The predicted octanol–water partition coefficient (Wildman–Crippen LogP) is 1.94. The van der Waals surface area contributed by atoms with Gasteiger partial charge in [-0.2, -0.15) is 0 Å². The van der Waals surface area contributed by atoms with E-state index in [0.29, 0.717) is 0 Å². The van der Waals surface area contributed by atoms with Crippen LogP contribution in [0.25, 0.3) is 0 Å². The molecule has 0 amide bonds. The van der Waals surface area contributed by atoms with Crippen molar-refractivity contribution < 1.29 is 4.39 Å². The van der Waals surface area contributed by atoms with Gasteiger partial charge in [-0.25, -0.2) is 4.39 Å². The standard InChI is InChI=1S/C11H14BrFN2/c1-15-5-9(11(14)6-15)8-4-7(13)2-3-10(8)12/h2-4,9,11H,5-6,14H2,1H3. The summed E-state index contributed by atoms with van der Waals surface area (Å²) in [5.74, 6) is 0.0232. The van der Waals surface area contributed by atoms with Crippen LogP contribution in [0.1, 0.15) is 11.5 Å². The lowest BCUT2D eigenvalue weighted by Crippen LogP contribution is -2.28. The summed E-state index contributed by atoms with van der Waals surface area (Å²) in [7, 11) is 2.03. The fourth-order valence-corrected chi connectivity index (χ4v) is 2.70. The average Bonchev–Trinajstić information content (AvgIpc) is 2.50. The van der Waals surface area contributed by atoms with Crippen molar-refractivity contribution in [3.63, 3.8) is 0 Å². The first-order valence-electron chi connectivity index (χ1n) is 4.97. The molecule has 15 heavy (non-hydrogen) atoms. The zero-order chi connectivity index (χ0) is 11.0. The molecule has 0 saturated carbocycles. The highest BCUT2D eigenvalue weighted by atomic mass is 79.9. The minimum absolute atomic E-state index is 0.0908. The summed E-state index contributed by atoms with van der Waals surface area (Å²) < 4.78 is 14.1. The molecule has 2 rings (SSSR count). The third-order valence-corrected chi connectivity index (χ3v) is 3.63. The molecule has 1 aliphatic rings. The van der Waals surface area contributed by atoms with Gasteiger partial charge < -0.3 is 10.6 Å². The highest BCUT2D eigenvalue weighted by molar-refractivity contribution is 9.10. The van der Waals surface area contributed by atoms with Crippen LogP contribution in [0.4, 0.5) is 4.39 Å². The Labute approximate surface area is 97.4 Å². The van der Waals surface area contributed by atoms with Crippen molar-refractivity contribution in [2.24, 2.45) is 5.73 Å². The molecule has 1 saturated heterocycles. The third-order valence-electron chi connectivity index (χ3n) is 2.91. The maximum atomic E-state index is 13.1. The number of halogens is 2. The maximum absolute atomic E-state index is 13.1. The van der Waals surface area contributed by atoms with Crippen LogP contribution in [0.3, 0.4) is 0 Å². The van der Waals surface area contributed by atoms with Crippen molar-refractivity contribution in [3.8, 4) is 0 Å². The second kappa shape index (κ2) is 4.20. The topological polar surface area (TPSA) is 29.3 Å². The summed E-state index contributed by atoms with van der Waals surface area (Å²) in [6, 6.07) is 4.87. The molecule has 2 N–H and O–H groups in total. The molecule has 1 aromatic rings. The second-order valence-corrected chi connectivity index (χ2v) is 5.01. The number of benzene rings is 1. The van der Waals surface area contributed by atoms with Crippen LogP contribution in [0, 0.1) is 5.82 Å². The first kappa shape index (κ1) is 11.0. The lowest BCUT2D eigenvalue weighted by Gasteiger charge is -2.16. The van der Waals surface area contributed by atoms with Crippen molar-refractivity contribution in [2.45, 2.75) is 12.0 Å². The number of nitrogens with two attached hydrogens (primary N) is 1. The zero-order valence-electron chi connectivity index (χ0n) is 8.58. The summed E-state index contributed by atoms with van der Waals surface area (Å²) in [5.41, 5.74) is 7.01. The minimum Gasteiger partial charge on any atom is -0.326 e. The van der Waals surface area contributed by atoms with E-state index in [1.54, 1.807) is 12.1 Å². The molecule has 82 valence electrons. The molecular formula is C11H14BrFN2. The number of likely N-dealkylation sites (tertiary alicyclic amines) is 1. The molecule has 2 unspecified atom stereocenters. The fourth-order valence-electron chi connectivity index (χ4n) is 2.16. The van der Waals surface area contributed by atoms with Gasteiger partial charge in [0.2, 0.25) is 0 Å². The van der Waals surface area contributed by atoms with Crippen LogP contribution < -0.4 is 5.73 Å². The number of hydrogen-bond donors (Lipinski definition) is 1. The molecule has 0 bridgehead atoms. The Morgan fingerprint density at radius 3 is 2.80 bits per heavy atom. The highest BCUT2D eigenvalue weighted by Crippen LogP contribution is 2.31. The van der Waals surface area contributed by atoms with Gasteiger partial charge >= 0.3 is 0 Å². The lowest BCUT2D eigenvalue weighted by atomic mass is 9.95. The number of rotatable bonds is 1. The van der Waals surface area contributed by atoms with Gasteiger partial charge in [-0.15, -0.1) is 0 Å². The average molecular weight is 273 g/mol. The molecule has 1 heterocycles. The molecule has 0 spiro atoms. The van der Waals surface area contributed by atoms with Crippen molar-refractivity contribution in [1.82, 2.24) is 4.90 Å². The summed E-state index contributed by atoms with van der Waals surface area (Å²) >= 11 is 3.45. The molecule has 0 aromatic heterocycles. The number of nitrogens with zero attached hydrogens (tertiary/aromatic N) is 1. The van der Waals surface area contributed by atoms with E-state index in [2.05, 4.69) is 20.8 Å². The van der Waals surface area contributed by atoms with Gasteiger partial charge in [0, 0.05) is 29.5 Å². The Morgan fingerprint density at radius 1 is 1.47 bits per heavy atom. The van der Waals surface area contributed by atoms with Gasteiger partial charge in [-0.3, -0.25) is 0 Å². The summed E-state index contributed by atoms with van der Waals surface area (Å²) in [4.78, 5) is 2.17. The van der Waals surface area contributed by atoms with Gasteiger partial charge in [0.1, 0.15) is 5.82 Å². The van der Waals surface area contributed by atoms with E-state index in [9.17, 15) is 4.39 Å². The van der Waals surface area contributed by atoms with Crippen LogP contribution in [-0.4, -0.2) is 31.1 Å². The number of hydrogen-bond acceptors (Lipinski definition) is 2. The molecule has 1 aromatic carbocycles. The van der Waals surface area contributed by atoms with Gasteiger partial charge in [0.05, 0.1) is 0 Å². The largest absolute Gasteiger partial charge is 0.326 e. The Kier molecular flexibility index (Phi) is 3.09. The number of likely N-dealkylation sites (N-methyl/N-ethyl adjacent to an activating group) is 1. The molecule has 2 nitrogen and oxygen atoms in total. The summed E-state index contributed by atoms with van der Waals surface area (Å²) in [5, 5.41) is 0. The first-order chi connectivity index (χ1) is 7.08. The van der Waals surface area contributed by atoms with E-state index in [1.165, 1.54) is 6.07 Å². The van der Waals surface area contributed by atoms with Gasteiger partial charge in [0.15, 0.2) is 0 Å². The molecular weight excluding hydrogens is 259 g/mol. The highest BCUT2D eigenvalue weighted by Gasteiger charge is 2.30. The van der Waals surface area contributed by atoms with Crippen LogP contribution in [0.15, 0.2) is 22.7 Å². The van der Waals surface area contributed by atoms with Crippen molar-refractivity contribution in [2.75, 3.05) is 20.1 Å². The normalized spacial score (nSPS) is 27.2. The first-order valence-corrected chi connectivity index (χ1v) is 5.76. The maximum Gasteiger partial charge on any atom is 0.123 e. The van der Waals surface area contributed by atoms with E-state index in [1.807, 2.05) is 7.05 Å². The second-order valence-electron chi connectivity index (χ2n) is 4.16. The van der Waals surface area contributed by atoms with E-state index in [-0.39, 0.29) is 17.8 Å². The quantitative estimate of drug-likeness (QED) is 0.847. The van der Waals surface area contributed by atoms with Crippen molar-refractivity contribution >= 4 is 15.9 Å². The Morgan fingerprint density at radius 2 is 2.20 bits per heavy atom. The minimum atomic E-state index is -0.199. The third kappa shape index (κ3) is 2.22. The molecule has 1 aliphatic heterocycles.